The lowest BCUT2D eigenvalue weighted by Gasteiger charge is -2.25. The van der Waals surface area contributed by atoms with Crippen molar-refractivity contribution in [1.29, 1.82) is 0 Å². The molecule has 0 saturated carbocycles. The largest absolute Gasteiger partial charge is 0.481 e. The predicted molar refractivity (Wildman–Crippen MR) is 67.1 cm³/mol. The van der Waals surface area contributed by atoms with Gasteiger partial charge in [-0.05, 0) is 31.7 Å². The van der Waals surface area contributed by atoms with Crippen LogP contribution >= 0.6 is 0 Å². The van der Waals surface area contributed by atoms with Crippen LogP contribution in [0, 0.1) is 5.92 Å². The SMILES string of the molecule is CC(C)CCN(CCC(=O)O)CC1CCCO1. The number of ether oxygens (including phenoxy) is 1. The fraction of sp³-hybridized carbons (Fsp3) is 0.923. The Hall–Kier alpha value is -0.610. The molecule has 17 heavy (non-hydrogen) atoms. The van der Waals surface area contributed by atoms with Crippen LogP contribution in [0.4, 0.5) is 0 Å². The molecule has 1 atom stereocenters. The van der Waals surface area contributed by atoms with Crippen molar-refractivity contribution < 1.29 is 14.6 Å². The second-order valence-corrected chi connectivity index (χ2v) is 5.26. The molecule has 4 heteroatoms. The summed E-state index contributed by atoms with van der Waals surface area (Å²) in [6.07, 6.45) is 3.92. The number of carboxylic acid groups (broad SMARTS) is 1. The highest BCUT2D eigenvalue weighted by Crippen LogP contribution is 2.14. The van der Waals surface area contributed by atoms with Gasteiger partial charge in [0.1, 0.15) is 0 Å². The lowest BCUT2D eigenvalue weighted by molar-refractivity contribution is -0.137. The molecule has 1 N–H and O–H groups in total. The van der Waals surface area contributed by atoms with Crippen molar-refractivity contribution in [2.45, 2.75) is 45.6 Å². The molecule has 1 unspecified atom stereocenters. The summed E-state index contributed by atoms with van der Waals surface area (Å²) in [6.45, 7) is 7.76. The first-order chi connectivity index (χ1) is 8.08. The van der Waals surface area contributed by atoms with Gasteiger partial charge < -0.3 is 14.7 Å². The maximum absolute atomic E-state index is 10.6. The molecule has 1 aliphatic rings. The van der Waals surface area contributed by atoms with E-state index >= 15 is 0 Å². The molecule has 1 saturated heterocycles. The zero-order valence-electron chi connectivity index (χ0n) is 11.0. The number of rotatable bonds is 8. The van der Waals surface area contributed by atoms with Crippen molar-refractivity contribution in [3.05, 3.63) is 0 Å². The Labute approximate surface area is 104 Å². The van der Waals surface area contributed by atoms with Crippen molar-refractivity contribution in [1.82, 2.24) is 4.90 Å². The molecule has 1 fully saturated rings. The minimum absolute atomic E-state index is 0.227. The minimum Gasteiger partial charge on any atom is -0.481 e. The first-order valence-electron chi connectivity index (χ1n) is 6.63. The molecule has 1 aliphatic heterocycles. The van der Waals surface area contributed by atoms with Crippen LogP contribution in [-0.4, -0.2) is 48.3 Å². The standard InChI is InChI=1S/C13H25NO3/c1-11(2)5-7-14(8-6-13(15)16)10-12-4-3-9-17-12/h11-12H,3-10H2,1-2H3,(H,15,16). The van der Waals surface area contributed by atoms with Crippen LogP contribution in [0.5, 0.6) is 0 Å². The molecule has 0 aliphatic carbocycles. The van der Waals surface area contributed by atoms with Crippen molar-refractivity contribution in [2.75, 3.05) is 26.2 Å². The van der Waals surface area contributed by atoms with Crippen LogP contribution in [0.2, 0.25) is 0 Å². The molecule has 0 bridgehead atoms. The molecular formula is C13H25NO3. The van der Waals surface area contributed by atoms with E-state index < -0.39 is 5.97 Å². The van der Waals surface area contributed by atoms with E-state index in [0.29, 0.717) is 18.6 Å². The lowest BCUT2D eigenvalue weighted by atomic mass is 10.1. The Morgan fingerprint density at radius 3 is 2.76 bits per heavy atom. The van der Waals surface area contributed by atoms with E-state index in [-0.39, 0.29) is 6.42 Å². The summed E-state index contributed by atoms with van der Waals surface area (Å²) in [5, 5.41) is 8.74. The van der Waals surface area contributed by atoms with Gasteiger partial charge in [-0.1, -0.05) is 13.8 Å². The summed E-state index contributed by atoms with van der Waals surface area (Å²) in [5.74, 6) is -0.0567. The predicted octanol–water partition coefficient (Wildman–Crippen LogP) is 1.99. The van der Waals surface area contributed by atoms with E-state index in [4.69, 9.17) is 9.84 Å². The van der Waals surface area contributed by atoms with Gasteiger partial charge in [-0.3, -0.25) is 4.79 Å². The van der Waals surface area contributed by atoms with Crippen LogP contribution in [0.25, 0.3) is 0 Å². The fourth-order valence-electron chi connectivity index (χ4n) is 2.07. The smallest absolute Gasteiger partial charge is 0.304 e. The van der Waals surface area contributed by atoms with E-state index in [1.54, 1.807) is 0 Å². The zero-order valence-corrected chi connectivity index (χ0v) is 11.0. The number of hydrogen-bond acceptors (Lipinski definition) is 3. The highest BCUT2D eigenvalue weighted by molar-refractivity contribution is 5.66. The second kappa shape index (κ2) is 7.67. The number of nitrogens with zero attached hydrogens (tertiary/aromatic N) is 1. The molecule has 0 aromatic rings. The summed E-state index contributed by atoms with van der Waals surface area (Å²) in [7, 11) is 0. The molecule has 0 spiro atoms. The Morgan fingerprint density at radius 1 is 1.47 bits per heavy atom. The monoisotopic (exact) mass is 243 g/mol. The Bertz CT molecular complexity index is 225. The van der Waals surface area contributed by atoms with E-state index in [1.165, 1.54) is 0 Å². The quantitative estimate of drug-likeness (QED) is 0.708. The van der Waals surface area contributed by atoms with Crippen molar-refractivity contribution in [3.8, 4) is 0 Å². The van der Waals surface area contributed by atoms with Gasteiger partial charge in [0.15, 0.2) is 0 Å². The molecule has 100 valence electrons. The molecule has 0 amide bonds. The van der Waals surface area contributed by atoms with E-state index in [2.05, 4.69) is 18.7 Å². The highest BCUT2D eigenvalue weighted by Gasteiger charge is 2.19. The maximum atomic E-state index is 10.6. The average molecular weight is 243 g/mol. The molecule has 0 aromatic heterocycles. The van der Waals surface area contributed by atoms with Gasteiger partial charge in [0, 0.05) is 19.7 Å². The molecule has 1 rings (SSSR count). The van der Waals surface area contributed by atoms with Gasteiger partial charge in [0.2, 0.25) is 0 Å². The zero-order chi connectivity index (χ0) is 12.7. The normalized spacial score (nSPS) is 20.4. The number of aliphatic carboxylic acids is 1. The van der Waals surface area contributed by atoms with Crippen molar-refractivity contribution in [3.63, 3.8) is 0 Å². The Kier molecular flexibility index (Phi) is 6.52. The lowest BCUT2D eigenvalue weighted by Crippen LogP contribution is -2.35. The molecule has 0 radical (unpaired) electrons. The Balaban J connectivity index is 2.31. The molecule has 1 heterocycles. The van der Waals surface area contributed by atoms with Crippen molar-refractivity contribution in [2.24, 2.45) is 5.92 Å². The molecule has 4 nitrogen and oxygen atoms in total. The van der Waals surface area contributed by atoms with Crippen LogP contribution in [0.1, 0.15) is 39.5 Å². The summed E-state index contributed by atoms with van der Waals surface area (Å²) >= 11 is 0. The van der Waals surface area contributed by atoms with Crippen LogP contribution < -0.4 is 0 Å². The summed E-state index contributed by atoms with van der Waals surface area (Å²) in [5.41, 5.74) is 0. The first kappa shape index (κ1) is 14.5. The second-order valence-electron chi connectivity index (χ2n) is 5.26. The maximum Gasteiger partial charge on any atom is 0.304 e. The van der Waals surface area contributed by atoms with Crippen LogP contribution in [0.3, 0.4) is 0 Å². The number of carboxylic acids is 1. The molecule has 0 aromatic carbocycles. The summed E-state index contributed by atoms with van der Waals surface area (Å²) in [4.78, 5) is 12.9. The van der Waals surface area contributed by atoms with Gasteiger partial charge in [-0.15, -0.1) is 0 Å². The third-order valence-corrected chi connectivity index (χ3v) is 3.15. The summed E-state index contributed by atoms with van der Waals surface area (Å²) < 4.78 is 5.61. The van der Waals surface area contributed by atoms with Crippen LogP contribution in [0.15, 0.2) is 0 Å². The van der Waals surface area contributed by atoms with Crippen LogP contribution in [-0.2, 0) is 9.53 Å². The van der Waals surface area contributed by atoms with Gasteiger partial charge in [0.05, 0.1) is 12.5 Å². The summed E-state index contributed by atoms with van der Waals surface area (Å²) in [6, 6.07) is 0. The molecular weight excluding hydrogens is 218 g/mol. The topological polar surface area (TPSA) is 49.8 Å². The van der Waals surface area contributed by atoms with Gasteiger partial charge in [0.25, 0.3) is 0 Å². The minimum atomic E-state index is -0.716. The highest BCUT2D eigenvalue weighted by atomic mass is 16.5. The first-order valence-corrected chi connectivity index (χ1v) is 6.63. The van der Waals surface area contributed by atoms with E-state index in [1.807, 2.05) is 0 Å². The average Bonchev–Trinajstić information content (AvgIpc) is 2.74. The third kappa shape index (κ3) is 6.64. The number of carbonyl (C=O) groups is 1. The van der Waals surface area contributed by atoms with Crippen molar-refractivity contribution >= 4 is 5.97 Å². The Morgan fingerprint density at radius 2 is 2.24 bits per heavy atom. The number of hydrogen-bond donors (Lipinski definition) is 1. The van der Waals surface area contributed by atoms with Gasteiger partial charge in [-0.25, -0.2) is 0 Å². The third-order valence-electron chi connectivity index (χ3n) is 3.15. The van der Waals surface area contributed by atoms with Gasteiger partial charge in [-0.2, -0.15) is 0 Å². The van der Waals surface area contributed by atoms with E-state index in [0.717, 1.165) is 39.0 Å². The fourth-order valence-corrected chi connectivity index (χ4v) is 2.07. The van der Waals surface area contributed by atoms with Gasteiger partial charge >= 0.3 is 5.97 Å². The van der Waals surface area contributed by atoms with E-state index in [9.17, 15) is 4.79 Å².